The summed E-state index contributed by atoms with van der Waals surface area (Å²) < 4.78 is 10.4. The van der Waals surface area contributed by atoms with Crippen LogP contribution in [0.4, 0.5) is 0 Å². The van der Waals surface area contributed by atoms with Crippen LogP contribution >= 0.6 is 0 Å². The number of esters is 1. The molecular weight excluding hydrogens is 230 g/mol. The van der Waals surface area contributed by atoms with E-state index in [1.54, 1.807) is 13.2 Å². The molecule has 1 aromatic heterocycles. The van der Waals surface area contributed by atoms with Crippen molar-refractivity contribution < 1.29 is 13.9 Å². The molecule has 2 atom stereocenters. The quantitative estimate of drug-likeness (QED) is 0.771. The molecule has 0 spiro atoms. The lowest BCUT2D eigenvalue weighted by Gasteiger charge is -2.23. The van der Waals surface area contributed by atoms with Crippen molar-refractivity contribution in [2.24, 2.45) is 5.92 Å². The van der Waals surface area contributed by atoms with Gasteiger partial charge in [-0.05, 0) is 38.5 Å². The Morgan fingerprint density at radius 1 is 1.56 bits per heavy atom. The van der Waals surface area contributed by atoms with Gasteiger partial charge in [0.05, 0.1) is 18.7 Å². The first-order valence-electron chi connectivity index (χ1n) is 6.62. The van der Waals surface area contributed by atoms with Crippen molar-refractivity contribution in [2.75, 3.05) is 6.61 Å². The molecule has 0 bridgehead atoms. The first kappa shape index (κ1) is 13.1. The van der Waals surface area contributed by atoms with Crippen LogP contribution in [0.1, 0.15) is 50.6 Å². The van der Waals surface area contributed by atoms with Gasteiger partial charge >= 0.3 is 5.97 Å². The Morgan fingerprint density at radius 3 is 3.06 bits per heavy atom. The van der Waals surface area contributed by atoms with Gasteiger partial charge in [0.25, 0.3) is 0 Å². The highest BCUT2D eigenvalue weighted by Crippen LogP contribution is 2.34. The summed E-state index contributed by atoms with van der Waals surface area (Å²) in [5.74, 6) is 1.57. The average Bonchev–Trinajstić information content (AvgIpc) is 2.78. The van der Waals surface area contributed by atoms with Crippen LogP contribution in [0.2, 0.25) is 0 Å². The smallest absolute Gasteiger partial charge is 0.311 e. The third kappa shape index (κ3) is 3.34. The van der Waals surface area contributed by atoms with E-state index in [1.165, 1.54) is 6.42 Å². The van der Waals surface area contributed by atoms with Gasteiger partial charge in [0.1, 0.15) is 6.26 Å². The molecule has 0 aromatic carbocycles. The molecule has 18 heavy (non-hydrogen) atoms. The van der Waals surface area contributed by atoms with Gasteiger partial charge in [-0.15, -0.1) is 0 Å². The van der Waals surface area contributed by atoms with Gasteiger partial charge in [-0.1, -0.05) is 6.92 Å². The van der Waals surface area contributed by atoms with Crippen LogP contribution in [0.5, 0.6) is 0 Å². The van der Waals surface area contributed by atoms with Crippen molar-refractivity contribution in [3.63, 3.8) is 0 Å². The second-order valence-electron chi connectivity index (χ2n) is 4.88. The van der Waals surface area contributed by atoms with Crippen molar-refractivity contribution in [3.8, 4) is 0 Å². The van der Waals surface area contributed by atoms with Crippen LogP contribution in [-0.4, -0.2) is 17.6 Å². The van der Waals surface area contributed by atoms with Gasteiger partial charge in [0, 0.05) is 5.92 Å². The lowest BCUT2D eigenvalue weighted by atomic mass is 9.83. The van der Waals surface area contributed by atoms with Crippen molar-refractivity contribution in [1.29, 1.82) is 0 Å². The predicted octanol–water partition coefficient (Wildman–Crippen LogP) is 2.89. The predicted molar refractivity (Wildman–Crippen MR) is 66.9 cm³/mol. The Hall–Kier alpha value is -1.32. The number of ether oxygens (including phenoxy) is 1. The van der Waals surface area contributed by atoms with E-state index in [2.05, 4.69) is 18.3 Å². The van der Waals surface area contributed by atoms with Crippen LogP contribution in [0.25, 0.3) is 0 Å². The number of carbonyl (C=O) groups excluding carboxylic acids is 1. The fourth-order valence-corrected chi connectivity index (χ4v) is 2.27. The molecule has 0 saturated heterocycles. The molecule has 1 aromatic rings. The fraction of sp³-hybridized carbons (Fsp3) is 0.643. The van der Waals surface area contributed by atoms with E-state index in [1.807, 2.05) is 0 Å². The molecule has 2 unspecified atom stereocenters. The summed E-state index contributed by atoms with van der Waals surface area (Å²) >= 11 is 0. The second kappa shape index (κ2) is 6.03. The third-order valence-electron chi connectivity index (χ3n) is 3.34. The molecular formula is C14H20NO3. The number of hydrogen-bond acceptors (Lipinski definition) is 4. The van der Waals surface area contributed by atoms with E-state index in [0.29, 0.717) is 24.1 Å². The summed E-state index contributed by atoms with van der Waals surface area (Å²) in [6, 6.07) is 0. The topological polar surface area (TPSA) is 52.3 Å². The fourth-order valence-electron chi connectivity index (χ4n) is 2.27. The maximum Gasteiger partial charge on any atom is 0.311 e. The summed E-state index contributed by atoms with van der Waals surface area (Å²) in [6.45, 7) is 4.43. The minimum atomic E-state index is -0.249. The van der Waals surface area contributed by atoms with Gasteiger partial charge in [0.15, 0.2) is 5.89 Å². The highest BCUT2D eigenvalue weighted by molar-refractivity contribution is 5.71. The number of carbonyl (C=O) groups is 1. The van der Waals surface area contributed by atoms with Gasteiger partial charge in [0.2, 0.25) is 0 Å². The summed E-state index contributed by atoms with van der Waals surface area (Å²) in [7, 11) is 0. The van der Waals surface area contributed by atoms with Gasteiger partial charge in [-0.2, -0.15) is 0 Å². The third-order valence-corrected chi connectivity index (χ3v) is 3.34. The number of rotatable bonds is 4. The maximum absolute atomic E-state index is 11.3. The van der Waals surface area contributed by atoms with Crippen LogP contribution in [0, 0.1) is 12.3 Å². The van der Waals surface area contributed by atoms with E-state index >= 15 is 0 Å². The number of nitrogens with zero attached hydrogens (tertiary/aromatic N) is 1. The Bertz CT molecular complexity index is 391. The first-order valence-corrected chi connectivity index (χ1v) is 6.62. The lowest BCUT2D eigenvalue weighted by Crippen LogP contribution is -2.12. The molecule has 1 aliphatic rings. The second-order valence-corrected chi connectivity index (χ2v) is 4.88. The van der Waals surface area contributed by atoms with E-state index < -0.39 is 0 Å². The number of aromatic nitrogens is 1. The minimum Gasteiger partial charge on any atom is -0.466 e. The molecule has 0 amide bonds. The van der Waals surface area contributed by atoms with Crippen molar-refractivity contribution in [2.45, 2.75) is 45.4 Å². The van der Waals surface area contributed by atoms with Crippen LogP contribution in [-0.2, 0) is 16.0 Å². The van der Waals surface area contributed by atoms with Crippen molar-refractivity contribution in [1.82, 2.24) is 4.98 Å². The highest BCUT2D eigenvalue weighted by Gasteiger charge is 2.24. The standard InChI is InChI=1S/C14H20NO3/c1-3-17-13(16)8-12-9-18-14(15-12)11-6-4-10(2)5-7-11/h4,9-11H,3,5-8H2,1-2H3. The molecule has 2 rings (SSSR count). The van der Waals surface area contributed by atoms with Gasteiger partial charge in [-0.3, -0.25) is 4.79 Å². The maximum atomic E-state index is 11.3. The normalized spacial score (nSPS) is 23.9. The largest absolute Gasteiger partial charge is 0.466 e. The van der Waals surface area contributed by atoms with Crippen molar-refractivity contribution >= 4 is 5.97 Å². The van der Waals surface area contributed by atoms with Crippen LogP contribution in [0.15, 0.2) is 10.7 Å². The molecule has 99 valence electrons. The minimum absolute atomic E-state index is 0.199. The summed E-state index contributed by atoms with van der Waals surface area (Å²) in [5.41, 5.74) is 0.669. The Labute approximate surface area is 108 Å². The zero-order chi connectivity index (χ0) is 13.0. The molecule has 1 aliphatic carbocycles. The monoisotopic (exact) mass is 250 g/mol. The zero-order valence-corrected chi connectivity index (χ0v) is 11.0. The van der Waals surface area contributed by atoms with Crippen LogP contribution < -0.4 is 0 Å². The molecule has 1 radical (unpaired) electrons. The Kier molecular flexibility index (Phi) is 4.39. The van der Waals surface area contributed by atoms with Crippen LogP contribution in [0.3, 0.4) is 0 Å². The Morgan fingerprint density at radius 2 is 2.39 bits per heavy atom. The molecule has 1 fully saturated rings. The molecule has 4 heteroatoms. The first-order chi connectivity index (χ1) is 8.69. The summed E-state index contributed by atoms with van der Waals surface area (Å²) in [4.78, 5) is 15.7. The Balaban J connectivity index is 1.91. The van der Waals surface area contributed by atoms with E-state index in [9.17, 15) is 4.79 Å². The van der Waals surface area contributed by atoms with E-state index in [4.69, 9.17) is 9.15 Å². The van der Waals surface area contributed by atoms with E-state index in [0.717, 1.165) is 18.7 Å². The zero-order valence-electron chi connectivity index (χ0n) is 11.0. The lowest BCUT2D eigenvalue weighted by molar-refractivity contribution is -0.142. The molecule has 0 aliphatic heterocycles. The summed E-state index contributed by atoms with van der Waals surface area (Å²) in [5, 5.41) is 0. The number of hydrogen-bond donors (Lipinski definition) is 0. The molecule has 0 N–H and O–H groups in total. The molecule has 4 nitrogen and oxygen atoms in total. The summed E-state index contributed by atoms with van der Waals surface area (Å²) in [6.07, 6.45) is 7.40. The molecule has 1 saturated carbocycles. The van der Waals surface area contributed by atoms with Gasteiger partial charge in [-0.25, -0.2) is 4.98 Å². The molecule has 1 heterocycles. The highest BCUT2D eigenvalue weighted by atomic mass is 16.5. The SMILES string of the molecule is CCOC(=O)Cc1coc(C2C[CH]C(C)CC2)n1. The van der Waals surface area contributed by atoms with Gasteiger partial charge < -0.3 is 9.15 Å². The average molecular weight is 250 g/mol. The van der Waals surface area contributed by atoms with E-state index in [-0.39, 0.29) is 12.4 Å². The van der Waals surface area contributed by atoms with Crippen molar-refractivity contribution in [3.05, 3.63) is 24.3 Å². The number of oxazole rings is 1.